The first kappa shape index (κ1) is 28.3. The van der Waals surface area contributed by atoms with Crippen molar-refractivity contribution in [1.29, 1.82) is 0 Å². The number of hydrogen-bond donors (Lipinski definition) is 0. The quantitative estimate of drug-likeness (QED) is 0.164. The lowest BCUT2D eigenvalue weighted by Gasteiger charge is -2.22. The fourth-order valence-electron chi connectivity index (χ4n) is 4.54. The third-order valence-corrected chi connectivity index (χ3v) is 6.57. The summed E-state index contributed by atoms with van der Waals surface area (Å²) in [7, 11) is 5.98. The molecular weight excluding hydrogens is 512 g/mol. The van der Waals surface area contributed by atoms with Crippen LogP contribution in [0.1, 0.15) is 30.4 Å². The van der Waals surface area contributed by atoms with E-state index in [1.807, 2.05) is 13.0 Å². The zero-order chi connectivity index (χ0) is 28.8. The molecule has 4 aromatic rings. The molecule has 0 amide bonds. The predicted molar refractivity (Wildman–Crippen MR) is 153 cm³/mol. The lowest BCUT2D eigenvalue weighted by atomic mass is 9.86. The highest BCUT2D eigenvalue weighted by molar-refractivity contribution is 5.87. The number of benzene rings is 3. The number of hydrogen-bond acceptors (Lipinski definition) is 8. The summed E-state index contributed by atoms with van der Waals surface area (Å²) in [5, 5.41) is 0.354. The lowest BCUT2D eigenvalue weighted by molar-refractivity contribution is -0.140. The number of carbonyl (C=O) groups is 1. The Labute approximate surface area is 232 Å². The third-order valence-electron chi connectivity index (χ3n) is 6.57. The molecular formula is C32H32O8. The van der Waals surface area contributed by atoms with E-state index < -0.39 is 11.9 Å². The highest BCUT2D eigenvalue weighted by atomic mass is 16.5. The molecule has 0 aliphatic rings. The molecule has 0 aliphatic heterocycles. The Morgan fingerprint density at radius 2 is 1.60 bits per heavy atom. The van der Waals surface area contributed by atoms with E-state index in [4.69, 9.17) is 28.1 Å². The Bertz CT molecular complexity index is 1580. The second-order valence-corrected chi connectivity index (χ2v) is 9.25. The van der Waals surface area contributed by atoms with E-state index in [1.54, 1.807) is 62.8 Å². The molecule has 0 saturated heterocycles. The van der Waals surface area contributed by atoms with Crippen LogP contribution < -0.4 is 24.4 Å². The normalized spacial score (nSPS) is 11.5. The van der Waals surface area contributed by atoms with Gasteiger partial charge in [-0.05, 0) is 60.0 Å². The average Bonchev–Trinajstić information content (AvgIpc) is 2.98. The first-order valence-corrected chi connectivity index (χ1v) is 12.6. The van der Waals surface area contributed by atoms with Crippen molar-refractivity contribution in [3.05, 3.63) is 94.4 Å². The summed E-state index contributed by atoms with van der Waals surface area (Å²) >= 11 is 0. The van der Waals surface area contributed by atoms with Gasteiger partial charge in [0.25, 0.3) is 0 Å². The van der Waals surface area contributed by atoms with Gasteiger partial charge in [0.15, 0.2) is 11.5 Å². The maximum Gasteiger partial charge on any atom is 0.306 e. The summed E-state index contributed by atoms with van der Waals surface area (Å²) in [5.74, 6) is 1.12. The molecule has 8 nitrogen and oxygen atoms in total. The standard InChI is InChI=1S/C32H32O8/c1-19(2)17-39-26-13-9-21(15-28(26)37-5)24(16-29(33)38-6)30-27(36-4)14-12-23-31(34)25(18-40-32(23)30)20-7-10-22(35-3)11-8-20/h7-15,18,24H,1,16-17H2,2-6H3. The van der Waals surface area contributed by atoms with Gasteiger partial charge in [-0.3, -0.25) is 9.59 Å². The number of methoxy groups -OCH3 is 4. The van der Waals surface area contributed by atoms with E-state index in [9.17, 15) is 9.59 Å². The summed E-state index contributed by atoms with van der Waals surface area (Å²) in [4.78, 5) is 26.3. The average molecular weight is 545 g/mol. The van der Waals surface area contributed by atoms with E-state index >= 15 is 0 Å². The molecule has 0 fully saturated rings. The van der Waals surface area contributed by atoms with Crippen LogP contribution in [0.3, 0.4) is 0 Å². The van der Waals surface area contributed by atoms with Crippen LogP contribution in [0.5, 0.6) is 23.0 Å². The highest BCUT2D eigenvalue weighted by Crippen LogP contribution is 2.42. The summed E-state index contributed by atoms with van der Waals surface area (Å²) < 4.78 is 33.5. The van der Waals surface area contributed by atoms with E-state index in [-0.39, 0.29) is 11.8 Å². The van der Waals surface area contributed by atoms with Gasteiger partial charge in [0.05, 0.1) is 45.8 Å². The van der Waals surface area contributed by atoms with Crippen molar-refractivity contribution < 1.29 is 32.9 Å². The highest BCUT2D eigenvalue weighted by Gasteiger charge is 2.28. The number of fused-ring (bicyclic) bond motifs is 1. The Morgan fingerprint density at radius 1 is 0.900 bits per heavy atom. The first-order valence-electron chi connectivity index (χ1n) is 12.6. The monoisotopic (exact) mass is 544 g/mol. The van der Waals surface area contributed by atoms with Gasteiger partial charge in [-0.1, -0.05) is 24.8 Å². The number of carbonyl (C=O) groups excluding carboxylic acids is 1. The molecule has 1 heterocycles. The molecule has 0 spiro atoms. The van der Waals surface area contributed by atoms with Crippen LogP contribution in [0, 0.1) is 0 Å². The summed E-state index contributed by atoms with van der Waals surface area (Å²) in [5.41, 5.74) is 3.31. The van der Waals surface area contributed by atoms with Crippen molar-refractivity contribution in [3.8, 4) is 34.1 Å². The Hall–Kier alpha value is -4.72. The molecule has 1 unspecified atom stereocenters. The summed E-state index contributed by atoms with van der Waals surface area (Å²) in [6, 6.07) is 15.9. The van der Waals surface area contributed by atoms with Crippen molar-refractivity contribution in [2.24, 2.45) is 0 Å². The molecule has 0 saturated carbocycles. The molecule has 0 bridgehead atoms. The van der Waals surface area contributed by atoms with E-state index in [2.05, 4.69) is 6.58 Å². The number of ether oxygens (including phenoxy) is 5. The second-order valence-electron chi connectivity index (χ2n) is 9.25. The van der Waals surface area contributed by atoms with Crippen LogP contribution in [-0.4, -0.2) is 41.0 Å². The Kier molecular flexibility index (Phi) is 8.79. The van der Waals surface area contributed by atoms with Crippen molar-refractivity contribution in [2.75, 3.05) is 35.0 Å². The Morgan fingerprint density at radius 3 is 2.23 bits per heavy atom. The number of esters is 1. The fraction of sp³-hybridized carbons (Fsp3) is 0.250. The summed E-state index contributed by atoms with van der Waals surface area (Å²) in [6.45, 7) is 6.07. The van der Waals surface area contributed by atoms with Gasteiger partial charge >= 0.3 is 5.97 Å². The molecule has 208 valence electrons. The topological polar surface area (TPSA) is 93.4 Å². The van der Waals surface area contributed by atoms with Gasteiger partial charge in [0.2, 0.25) is 5.43 Å². The molecule has 0 radical (unpaired) electrons. The van der Waals surface area contributed by atoms with Crippen molar-refractivity contribution in [1.82, 2.24) is 0 Å². The van der Waals surface area contributed by atoms with Gasteiger partial charge in [-0.25, -0.2) is 0 Å². The molecule has 40 heavy (non-hydrogen) atoms. The molecule has 0 aliphatic carbocycles. The number of rotatable bonds is 11. The van der Waals surface area contributed by atoms with Crippen LogP contribution in [0.15, 0.2) is 82.2 Å². The SMILES string of the molecule is C=C(C)COc1ccc(C(CC(=O)OC)c2c(OC)ccc3c(=O)c(-c4ccc(OC)cc4)coc23)cc1OC. The van der Waals surface area contributed by atoms with Crippen LogP contribution in [0.2, 0.25) is 0 Å². The van der Waals surface area contributed by atoms with Gasteiger partial charge in [0.1, 0.15) is 30.0 Å². The van der Waals surface area contributed by atoms with Gasteiger partial charge in [-0.2, -0.15) is 0 Å². The van der Waals surface area contributed by atoms with Gasteiger partial charge in [-0.15, -0.1) is 0 Å². The molecule has 3 aromatic carbocycles. The van der Waals surface area contributed by atoms with Crippen molar-refractivity contribution in [3.63, 3.8) is 0 Å². The van der Waals surface area contributed by atoms with Gasteiger partial charge < -0.3 is 28.1 Å². The van der Waals surface area contributed by atoms with Gasteiger partial charge in [0, 0.05) is 11.5 Å². The van der Waals surface area contributed by atoms with Crippen molar-refractivity contribution in [2.45, 2.75) is 19.3 Å². The molecule has 0 N–H and O–H groups in total. The molecule has 1 atom stereocenters. The minimum Gasteiger partial charge on any atom is -0.497 e. The summed E-state index contributed by atoms with van der Waals surface area (Å²) in [6.07, 6.45) is 1.39. The lowest BCUT2D eigenvalue weighted by Crippen LogP contribution is -2.14. The van der Waals surface area contributed by atoms with E-state index in [0.29, 0.717) is 57.3 Å². The minimum atomic E-state index is -0.592. The molecule has 8 heteroatoms. The van der Waals surface area contributed by atoms with Crippen LogP contribution in [-0.2, 0) is 9.53 Å². The maximum absolute atomic E-state index is 13.7. The third kappa shape index (κ3) is 5.81. The second kappa shape index (κ2) is 12.4. The van der Waals surface area contributed by atoms with E-state index in [1.165, 1.54) is 20.5 Å². The predicted octanol–water partition coefficient (Wildman–Crippen LogP) is 6.14. The zero-order valence-corrected chi connectivity index (χ0v) is 23.2. The van der Waals surface area contributed by atoms with Crippen LogP contribution in [0.25, 0.3) is 22.1 Å². The fourth-order valence-corrected chi connectivity index (χ4v) is 4.54. The zero-order valence-electron chi connectivity index (χ0n) is 23.2. The first-order chi connectivity index (χ1) is 19.3. The Balaban J connectivity index is 1.90. The van der Waals surface area contributed by atoms with Crippen LogP contribution >= 0.6 is 0 Å². The maximum atomic E-state index is 13.7. The molecule has 4 rings (SSSR count). The van der Waals surface area contributed by atoms with Crippen molar-refractivity contribution >= 4 is 16.9 Å². The minimum absolute atomic E-state index is 0.0367. The molecule has 1 aromatic heterocycles. The largest absolute Gasteiger partial charge is 0.497 e. The smallest absolute Gasteiger partial charge is 0.306 e. The van der Waals surface area contributed by atoms with Crippen LogP contribution in [0.4, 0.5) is 0 Å². The van der Waals surface area contributed by atoms with E-state index in [0.717, 1.165) is 11.1 Å².